The van der Waals surface area contributed by atoms with Gasteiger partial charge in [-0.25, -0.2) is 0 Å². The molecule has 3 nitrogen and oxygen atoms in total. The maximum absolute atomic E-state index is 6.16. The predicted molar refractivity (Wildman–Crippen MR) is 86.6 cm³/mol. The van der Waals surface area contributed by atoms with Gasteiger partial charge in [-0.05, 0) is 44.0 Å². The van der Waals surface area contributed by atoms with E-state index < -0.39 is 0 Å². The number of halogens is 1. The zero-order valence-electron chi connectivity index (χ0n) is 12.2. The van der Waals surface area contributed by atoms with Crippen molar-refractivity contribution < 1.29 is 0 Å². The minimum absolute atomic E-state index is 0.158. The fraction of sp³-hybridized carbons (Fsp3) is 0.625. The fourth-order valence-corrected chi connectivity index (χ4v) is 3.80. The number of hydrogen-bond acceptors (Lipinski definition) is 3. The van der Waals surface area contributed by atoms with Gasteiger partial charge >= 0.3 is 0 Å². The number of likely N-dealkylation sites (N-methyl/N-ethyl adjacent to an activating group) is 1. The summed E-state index contributed by atoms with van der Waals surface area (Å²) in [5.74, 6) is 0. The van der Waals surface area contributed by atoms with Crippen molar-refractivity contribution in [3.63, 3.8) is 0 Å². The van der Waals surface area contributed by atoms with Crippen LogP contribution in [0.5, 0.6) is 0 Å². The summed E-state index contributed by atoms with van der Waals surface area (Å²) in [5.41, 5.74) is 7.66. The average Bonchev–Trinajstić information content (AvgIpc) is 3.18. The molecule has 110 valence electrons. The monoisotopic (exact) mass is 337 g/mol. The van der Waals surface area contributed by atoms with Gasteiger partial charge in [0.1, 0.15) is 0 Å². The second-order valence-corrected chi connectivity index (χ2v) is 7.28. The van der Waals surface area contributed by atoms with E-state index in [-0.39, 0.29) is 5.54 Å². The van der Waals surface area contributed by atoms with Crippen LogP contribution in [0.15, 0.2) is 28.7 Å². The van der Waals surface area contributed by atoms with Crippen LogP contribution in [0.25, 0.3) is 0 Å². The van der Waals surface area contributed by atoms with E-state index in [1.54, 1.807) is 0 Å². The highest BCUT2D eigenvalue weighted by Gasteiger charge is 2.44. The third kappa shape index (κ3) is 2.93. The van der Waals surface area contributed by atoms with Crippen LogP contribution in [0.4, 0.5) is 0 Å². The van der Waals surface area contributed by atoms with Crippen molar-refractivity contribution in [1.29, 1.82) is 0 Å². The Kier molecular flexibility index (Phi) is 4.18. The van der Waals surface area contributed by atoms with E-state index in [2.05, 4.69) is 57.0 Å². The van der Waals surface area contributed by atoms with Crippen LogP contribution in [-0.2, 0) is 6.54 Å². The summed E-state index contributed by atoms with van der Waals surface area (Å²) in [5, 5.41) is 0. The molecule has 20 heavy (non-hydrogen) atoms. The third-order valence-electron chi connectivity index (χ3n) is 4.92. The summed E-state index contributed by atoms with van der Waals surface area (Å²) >= 11 is 3.55. The number of likely N-dealkylation sites (tertiary alicyclic amines) is 1. The van der Waals surface area contributed by atoms with E-state index >= 15 is 0 Å². The van der Waals surface area contributed by atoms with Gasteiger partial charge in [-0.15, -0.1) is 0 Å². The zero-order valence-corrected chi connectivity index (χ0v) is 13.8. The molecule has 0 bridgehead atoms. The van der Waals surface area contributed by atoms with Gasteiger partial charge in [-0.3, -0.25) is 9.80 Å². The molecule has 0 spiro atoms. The second kappa shape index (κ2) is 5.76. The minimum Gasteiger partial charge on any atom is -0.329 e. The Morgan fingerprint density at radius 2 is 2.25 bits per heavy atom. The lowest BCUT2D eigenvalue weighted by Gasteiger charge is -2.38. The largest absolute Gasteiger partial charge is 0.329 e. The van der Waals surface area contributed by atoms with Crippen molar-refractivity contribution in [3.05, 3.63) is 34.3 Å². The molecule has 4 heteroatoms. The fourth-order valence-electron chi connectivity index (χ4n) is 3.35. The summed E-state index contributed by atoms with van der Waals surface area (Å²) in [6, 6.07) is 9.43. The highest BCUT2D eigenvalue weighted by atomic mass is 79.9. The van der Waals surface area contributed by atoms with Crippen LogP contribution in [0.3, 0.4) is 0 Å². The first-order chi connectivity index (χ1) is 9.63. The van der Waals surface area contributed by atoms with Crippen molar-refractivity contribution in [1.82, 2.24) is 9.80 Å². The maximum atomic E-state index is 6.16. The second-order valence-electron chi connectivity index (χ2n) is 6.37. The Labute approximate surface area is 130 Å². The topological polar surface area (TPSA) is 32.5 Å². The van der Waals surface area contributed by atoms with Gasteiger partial charge in [0, 0.05) is 42.2 Å². The summed E-state index contributed by atoms with van der Waals surface area (Å²) < 4.78 is 1.15. The van der Waals surface area contributed by atoms with Crippen LogP contribution in [-0.4, -0.2) is 48.1 Å². The van der Waals surface area contributed by atoms with Gasteiger partial charge in [0.2, 0.25) is 0 Å². The molecule has 1 aromatic rings. The van der Waals surface area contributed by atoms with Gasteiger partial charge in [-0.2, -0.15) is 0 Å². The molecule has 1 saturated carbocycles. The van der Waals surface area contributed by atoms with Crippen LogP contribution in [0.1, 0.15) is 24.8 Å². The van der Waals surface area contributed by atoms with Crippen molar-refractivity contribution >= 4 is 15.9 Å². The normalized spacial score (nSPS) is 27.4. The van der Waals surface area contributed by atoms with Crippen LogP contribution in [0, 0.1) is 0 Å². The molecule has 0 radical (unpaired) electrons. The quantitative estimate of drug-likeness (QED) is 0.895. The molecule has 3 rings (SSSR count). The first kappa shape index (κ1) is 14.5. The predicted octanol–water partition coefficient (Wildman–Crippen LogP) is 2.45. The molecule has 0 amide bonds. The summed E-state index contributed by atoms with van der Waals surface area (Å²) in [4.78, 5) is 5.11. The lowest BCUT2D eigenvalue weighted by molar-refractivity contribution is 0.120. The first-order valence-electron chi connectivity index (χ1n) is 7.53. The van der Waals surface area contributed by atoms with Gasteiger partial charge in [0.05, 0.1) is 0 Å². The Morgan fingerprint density at radius 3 is 2.90 bits per heavy atom. The molecule has 2 fully saturated rings. The molecule has 1 aliphatic carbocycles. The summed E-state index contributed by atoms with van der Waals surface area (Å²) in [6.45, 7) is 4.07. The molecule has 0 aromatic heterocycles. The number of nitrogens with zero attached hydrogens (tertiary/aromatic N) is 2. The molecule has 1 saturated heterocycles. The Morgan fingerprint density at radius 1 is 1.45 bits per heavy atom. The standard InChI is InChI=1S/C16H24BrN3/c1-19(10-13-3-2-4-14(17)9-13)16(11-18)7-8-20(12-16)15-5-6-15/h2-4,9,15H,5-8,10-12,18H2,1H3. The van der Waals surface area contributed by atoms with Gasteiger partial charge in [0.15, 0.2) is 0 Å². The molecule has 1 aliphatic heterocycles. The molecular formula is C16H24BrN3. The van der Waals surface area contributed by atoms with Crippen molar-refractivity contribution in [3.8, 4) is 0 Å². The Hall–Kier alpha value is -0.420. The summed E-state index contributed by atoms with van der Waals surface area (Å²) in [6.07, 6.45) is 3.97. The number of benzene rings is 1. The van der Waals surface area contributed by atoms with Gasteiger partial charge < -0.3 is 5.73 Å². The molecule has 1 atom stereocenters. The lowest BCUT2D eigenvalue weighted by atomic mass is 9.96. The van der Waals surface area contributed by atoms with Gasteiger partial charge in [-0.1, -0.05) is 28.1 Å². The minimum atomic E-state index is 0.158. The summed E-state index contributed by atoms with van der Waals surface area (Å²) in [7, 11) is 2.23. The van der Waals surface area contributed by atoms with E-state index in [0.29, 0.717) is 0 Å². The van der Waals surface area contributed by atoms with E-state index in [0.717, 1.165) is 30.1 Å². The van der Waals surface area contributed by atoms with E-state index in [4.69, 9.17) is 5.73 Å². The molecule has 1 heterocycles. The first-order valence-corrected chi connectivity index (χ1v) is 8.32. The maximum Gasteiger partial charge on any atom is 0.0471 e. The zero-order chi connectivity index (χ0) is 14.2. The van der Waals surface area contributed by atoms with Crippen LogP contribution < -0.4 is 5.73 Å². The van der Waals surface area contributed by atoms with Crippen molar-refractivity contribution in [2.24, 2.45) is 5.73 Å². The van der Waals surface area contributed by atoms with Gasteiger partial charge in [0.25, 0.3) is 0 Å². The molecular weight excluding hydrogens is 314 g/mol. The number of hydrogen-bond donors (Lipinski definition) is 1. The van der Waals surface area contributed by atoms with E-state index in [9.17, 15) is 0 Å². The van der Waals surface area contributed by atoms with Crippen LogP contribution >= 0.6 is 15.9 Å². The van der Waals surface area contributed by atoms with Crippen molar-refractivity contribution in [2.45, 2.75) is 37.4 Å². The van der Waals surface area contributed by atoms with E-state index in [1.807, 2.05) is 0 Å². The molecule has 1 unspecified atom stereocenters. The highest BCUT2D eigenvalue weighted by molar-refractivity contribution is 9.10. The third-order valence-corrected chi connectivity index (χ3v) is 5.42. The van der Waals surface area contributed by atoms with Crippen LogP contribution in [0.2, 0.25) is 0 Å². The van der Waals surface area contributed by atoms with E-state index in [1.165, 1.54) is 31.4 Å². The lowest BCUT2D eigenvalue weighted by Crippen LogP contribution is -2.53. The SMILES string of the molecule is CN(Cc1cccc(Br)c1)C1(CN)CCN(C2CC2)C1. The average molecular weight is 338 g/mol. The Bertz CT molecular complexity index is 475. The highest BCUT2D eigenvalue weighted by Crippen LogP contribution is 2.35. The van der Waals surface area contributed by atoms with Crippen molar-refractivity contribution in [2.75, 3.05) is 26.7 Å². The smallest absolute Gasteiger partial charge is 0.0471 e. The molecule has 2 N–H and O–H groups in total. The molecule has 2 aliphatic rings. The Balaban J connectivity index is 1.69. The number of nitrogens with two attached hydrogens (primary N) is 1. The molecule has 1 aromatic carbocycles. The number of rotatable bonds is 5.